The summed E-state index contributed by atoms with van der Waals surface area (Å²) in [5.74, 6) is 0.00757. The zero-order chi connectivity index (χ0) is 18.7. The Labute approximate surface area is 167 Å². The molecule has 1 amide bonds. The molecule has 0 spiro atoms. The maximum absolute atomic E-state index is 12.0. The summed E-state index contributed by atoms with van der Waals surface area (Å²) in [6.07, 6.45) is -0.0440. The van der Waals surface area contributed by atoms with Crippen LogP contribution in [0, 0.1) is 13.8 Å². The van der Waals surface area contributed by atoms with Crippen LogP contribution in [0.1, 0.15) is 11.1 Å². The molecule has 7 nitrogen and oxygen atoms in total. The molecule has 27 heavy (non-hydrogen) atoms. The van der Waals surface area contributed by atoms with E-state index in [2.05, 4.69) is 10.6 Å². The fourth-order valence-electron chi connectivity index (χ4n) is 2.73. The summed E-state index contributed by atoms with van der Waals surface area (Å²) in [6, 6.07) is 3.21. The molecule has 1 aromatic heterocycles. The third-order valence-electron chi connectivity index (χ3n) is 4.40. The third-order valence-corrected chi connectivity index (χ3v) is 4.69. The Morgan fingerprint density at radius 3 is 2.85 bits per heavy atom. The highest BCUT2D eigenvalue weighted by atomic mass is 35.5. The molecule has 1 aliphatic rings. The molecule has 3 rings (SSSR count). The molecule has 2 aromatic rings. The number of benzene rings is 1. The molecule has 1 aliphatic heterocycles. The number of halogens is 2. The number of amides is 1. The number of hydrogen-bond acceptors (Lipinski definition) is 6. The molecule has 148 valence electrons. The van der Waals surface area contributed by atoms with E-state index in [0.29, 0.717) is 35.9 Å². The first-order chi connectivity index (χ1) is 12.5. The predicted molar refractivity (Wildman–Crippen MR) is 105 cm³/mol. The Morgan fingerprint density at radius 2 is 2.15 bits per heavy atom. The number of carbonyl (C=O) groups excluding carboxylic acids is 1. The Bertz CT molecular complexity index is 878. The number of morpholine rings is 1. The zero-order valence-corrected chi connectivity index (χ0v) is 16.7. The van der Waals surface area contributed by atoms with E-state index in [1.165, 1.54) is 6.07 Å². The Balaban J connectivity index is 0.00000261. The normalized spacial score (nSPS) is 16.6. The summed E-state index contributed by atoms with van der Waals surface area (Å²) < 4.78 is 16.3. The molecule has 0 bridgehead atoms. The first kappa shape index (κ1) is 21.5. The van der Waals surface area contributed by atoms with Gasteiger partial charge in [-0.05, 0) is 25.5 Å². The molecule has 2 N–H and O–H groups in total. The molecule has 0 radical (unpaired) electrons. The Morgan fingerprint density at radius 1 is 1.37 bits per heavy atom. The van der Waals surface area contributed by atoms with E-state index in [0.717, 1.165) is 17.5 Å². The summed E-state index contributed by atoms with van der Waals surface area (Å²) in [5.41, 5.74) is 1.33. The van der Waals surface area contributed by atoms with Crippen LogP contribution in [0.4, 0.5) is 0 Å². The van der Waals surface area contributed by atoms with Crippen molar-refractivity contribution in [2.45, 2.75) is 20.0 Å². The van der Waals surface area contributed by atoms with Crippen molar-refractivity contribution in [2.75, 3.05) is 32.8 Å². The lowest BCUT2D eigenvalue weighted by atomic mass is 10.1. The number of carbonyl (C=O) groups is 1. The van der Waals surface area contributed by atoms with E-state index in [1.54, 1.807) is 13.0 Å². The van der Waals surface area contributed by atoms with Crippen LogP contribution >= 0.6 is 24.0 Å². The SMILES string of the molecule is Cc1c(C)c2cc(Cl)c(OCC(=O)NCC3CNCCO3)cc2oc1=O.Cl. The van der Waals surface area contributed by atoms with Crippen LogP contribution in [-0.2, 0) is 9.53 Å². The highest BCUT2D eigenvalue weighted by Crippen LogP contribution is 2.31. The van der Waals surface area contributed by atoms with Crippen molar-refractivity contribution < 1.29 is 18.7 Å². The number of ether oxygens (including phenoxy) is 2. The van der Waals surface area contributed by atoms with Crippen LogP contribution in [0.15, 0.2) is 21.3 Å². The quantitative estimate of drug-likeness (QED) is 0.724. The Kier molecular flexibility index (Phi) is 7.49. The highest BCUT2D eigenvalue weighted by Gasteiger charge is 2.16. The fraction of sp³-hybridized carbons (Fsp3) is 0.444. The average Bonchev–Trinajstić information content (AvgIpc) is 2.64. The smallest absolute Gasteiger partial charge is 0.339 e. The molecular formula is C18H22Cl2N2O5. The van der Waals surface area contributed by atoms with Crippen molar-refractivity contribution in [1.29, 1.82) is 0 Å². The van der Waals surface area contributed by atoms with E-state index in [9.17, 15) is 9.59 Å². The van der Waals surface area contributed by atoms with Gasteiger partial charge in [0.25, 0.3) is 5.91 Å². The summed E-state index contributed by atoms with van der Waals surface area (Å²) in [6.45, 7) is 5.91. The molecule has 0 aliphatic carbocycles. The van der Waals surface area contributed by atoms with Crippen molar-refractivity contribution in [2.24, 2.45) is 0 Å². The largest absolute Gasteiger partial charge is 0.482 e. The maximum atomic E-state index is 12.0. The highest BCUT2D eigenvalue weighted by molar-refractivity contribution is 6.32. The topological polar surface area (TPSA) is 89.8 Å². The van der Waals surface area contributed by atoms with Crippen molar-refractivity contribution in [1.82, 2.24) is 10.6 Å². The van der Waals surface area contributed by atoms with Crippen molar-refractivity contribution in [3.8, 4) is 5.75 Å². The van der Waals surface area contributed by atoms with Gasteiger partial charge in [-0.2, -0.15) is 0 Å². The second-order valence-corrected chi connectivity index (χ2v) is 6.62. The van der Waals surface area contributed by atoms with Crippen molar-refractivity contribution in [3.63, 3.8) is 0 Å². The monoisotopic (exact) mass is 416 g/mol. The van der Waals surface area contributed by atoms with Gasteiger partial charge in [-0.15, -0.1) is 12.4 Å². The van der Waals surface area contributed by atoms with E-state index < -0.39 is 5.63 Å². The van der Waals surface area contributed by atoms with Gasteiger partial charge in [0.05, 0.1) is 17.7 Å². The van der Waals surface area contributed by atoms with E-state index >= 15 is 0 Å². The van der Waals surface area contributed by atoms with Gasteiger partial charge < -0.3 is 24.5 Å². The van der Waals surface area contributed by atoms with Gasteiger partial charge in [0.1, 0.15) is 11.3 Å². The van der Waals surface area contributed by atoms with Crippen LogP contribution in [0.25, 0.3) is 11.0 Å². The van der Waals surface area contributed by atoms with Gasteiger partial charge >= 0.3 is 5.63 Å². The second kappa shape index (κ2) is 9.41. The van der Waals surface area contributed by atoms with Crippen LogP contribution in [0.2, 0.25) is 5.02 Å². The van der Waals surface area contributed by atoms with Crippen LogP contribution in [0.3, 0.4) is 0 Å². The second-order valence-electron chi connectivity index (χ2n) is 6.21. The molecule has 2 heterocycles. The number of aryl methyl sites for hydroxylation is 1. The van der Waals surface area contributed by atoms with Crippen molar-refractivity contribution in [3.05, 3.63) is 38.7 Å². The van der Waals surface area contributed by atoms with Gasteiger partial charge in [0, 0.05) is 36.7 Å². The molecule has 9 heteroatoms. The summed E-state index contributed by atoms with van der Waals surface area (Å²) in [4.78, 5) is 23.8. The Hall–Kier alpha value is -1.80. The lowest BCUT2D eigenvalue weighted by Crippen LogP contribution is -2.45. The van der Waals surface area contributed by atoms with Crippen LogP contribution in [0.5, 0.6) is 5.75 Å². The number of rotatable bonds is 5. The molecule has 1 unspecified atom stereocenters. The summed E-state index contributed by atoms with van der Waals surface area (Å²) in [5, 5.41) is 7.04. The minimum Gasteiger partial charge on any atom is -0.482 e. The van der Waals surface area contributed by atoms with Gasteiger partial charge in [-0.1, -0.05) is 11.6 Å². The summed E-state index contributed by atoms with van der Waals surface area (Å²) >= 11 is 6.24. The van der Waals surface area contributed by atoms with Crippen molar-refractivity contribution >= 4 is 40.9 Å². The van der Waals surface area contributed by atoms with E-state index in [4.69, 9.17) is 25.5 Å². The van der Waals surface area contributed by atoms with Gasteiger partial charge in [-0.25, -0.2) is 4.79 Å². The molecule has 0 saturated carbocycles. The first-order valence-electron chi connectivity index (χ1n) is 8.41. The van der Waals surface area contributed by atoms with Gasteiger partial charge in [0.15, 0.2) is 6.61 Å². The predicted octanol–water partition coefficient (Wildman–Crippen LogP) is 1.97. The lowest BCUT2D eigenvalue weighted by molar-refractivity contribution is -0.123. The first-order valence-corrected chi connectivity index (χ1v) is 8.79. The van der Waals surface area contributed by atoms with Crippen LogP contribution < -0.4 is 21.0 Å². The minimum absolute atomic E-state index is 0. The standard InChI is InChI=1S/C18H21ClN2O5.ClH/c1-10-11(2)18(23)26-15-6-16(14(19)5-13(10)15)25-9-17(22)21-8-12-7-20-3-4-24-12;/h5-6,12,20H,3-4,7-9H2,1-2H3,(H,21,22);1H. The molecule has 1 atom stereocenters. The molecule has 1 saturated heterocycles. The number of nitrogens with one attached hydrogen (secondary N) is 2. The molecule has 1 fully saturated rings. The molecular weight excluding hydrogens is 395 g/mol. The fourth-order valence-corrected chi connectivity index (χ4v) is 2.95. The molecule has 1 aromatic carbocycles. The van der Waals surface area contributed by atoms with E-state index in [1.807, 2.05) is 6.92 Å². The van der Waals surface area contributed by atoms with Gasteiger partial charge in [0.2, 0.25) is 0 Å². The van der Waals surface area contributed by atoms with E-state index in [-0.39, 0.29) is 36.8 Å². The zero-order valence-electron chi connectivity index (χ0n) is 15.1. The van der Waals surface area contributed by atoms with Crippen LogP contribution in [-0.4, -0.2) is 44.9 Å². The number of hydrogen-bond donors (Lipinski definition) is 2. The lowest BCUT2D eigenvalue weighted by Gasteiger charge is -2.23. The maximum Gasteiger partial charge on any atom is 0.339 e. The summed E-state index contributed by atoms with van der Waals surface area (Å²) in [7, 11) is 0. The number of fused-ring (bicyclic) bond motifs is 1. The van der Waals surface area contributed by atoms with Gasteiger partial charge in [-0.3, -0.25) is 4.79 Å². The minimum atomic E-state index is -0.401. The average molecular weight is 417 g/mol. The third kappa shape index (κ3) is 5.13.